The summed E-state index contributed by atoms with van der Waals surface area (Å²) in [5.41, 5.74) is 2.57. The van der Waals surface area contributed by atoms with Crippen molar-refractivity contribution in [2.45, 2.75) is 26.4 Å². The van der Waals surface area contributed by atoms with Crippen molar-refractivity contribution in [3.05, 3.63) is 35.5 Å². The SMILES string of the molecule is CC(C)n1c(CN2CCOCC2)cc2ccc(C(=O)O)cc21. The number of rotatable bonds is 4. The number of hydrogen-bond acceptors (Lipinski definition) is 3. The van der Waals surface area contributed by atoms with Gasteiger partial charge in [0.25, 0.3) is 0 Å². The number of carbonyl (C=O) groups is 1. The molecule has 0 spiro atoms. The van der Waals surface area contributed by atoms with Crippen LogP contribution in [0, 0.1) is 0 Å². The van der Waals surface area contributed by atoms with Gasteiger partial charge in [-0.25, -0.2) is 4.79 Å². The van der Waals surface area contributed by atoms with E-state index in [-0.39, 0.29) is 6.04 Å². The molecule has 1 aliphatic heterocycles. The van der Waals surface area contributed by atoms with Gasteiger partial charge in [-0.05, 0) is 37.4 Å². The van der Waals surface area contributed by atoms with Gasteiger partial charge in [0.1, 0.15) is 0 Å². The summed E-state index contributed by atoms with van der Waals surface area (Å²) in [5, 5.41) is 10.3. The lowest BCUT2D eigenvalue weighted by molar-refractivity contribution is 0.0331. The first-order chi connectivity index (χ1) is 10.6. The maximum atomic E-state index is 11.2. The van der Waals surface area contributed by atoms with Gasteiger partial charge in [0.05, 0.1) is 18.8 Å². The van der Waals surface area contributed by atoms with Crippen molar-refractivity contribution in [1.82, 2.24) is 9.47 Å². The maximum absolute atomic E-state index is 11.2. The highest BCUT2D eigenvalue weighted by Gasteiger charge is 2.17. The Kier molecular flexibility index (Phi) is 4.18. The molecule has 5 heteroatoms. The molecule has 0 radical (unpaired) electrons. The van der Waals surface area contributed by atoms with E-state index in [4.69, 9.17) is 4.74 Å². The van der Waals surface area contributed by atoms with Gasteiger partial charge in [0.15, 0.2) is 0 Å². The van der Waals surface area contributed by atoms with Gasteiger partial charge in [0.2, 0.25) is 0 Å². The van der Waals surface area contributed by atoms with Gasteiger partial charge in [0, 0.05) is 36.9 Å². The second-order valence-electron chi connectivity index (χ2n) is 6.07. The number of benzene rings is 1. The van der Waals surface area contributed by atoms with Crippen molar-refractivity contribution < 1.29 is 14.6 Å². The molecule has 1 fully saturated rings. The molecule has 1 saturated heterocycles. The van der Waals surface area contributed by atoms with Crippen molar-refractivity contribution in [2.24, 2.45) is 0 Å². The molecule has 3 rings (SSSR count). The summed E-state index contributed by atoms with van der Waals surface area (Å²) in [6.07, 6.45) is 0. The standard InChI is InChI=1S/C17H22N2O3/c1-12(2)19-15(11-18-5-7-22-8-6-18)9-13-3-4-14(17(20)21)10-16(13)19/h3-4,9-10,12H,5-8,11H2,1-2H3,(H,20,21). The third kappa shape index (κ3) is 2.87. The highest BCUT2D eigenvalue weighted by atomic mass is 16.5. The predicted octanol–water partition coefficient (Wildman–Crippen LogP) is 2.75. The van der Waals surface area contributed by atoms with E-state index < -0.39 is 5.97 Å². The Morgan fingerprint density at radius 1 is 1.27 bits per heavy atom. The van der Waals surface area contributed by atoms with E-state index in [1.54, 1.807) is 12.1 Å². The molecular weight excluding hydrogens is 280 g/mol. The number of hydrogen-bond donors (Lipinski definition) is 1. The van der Waals surface area contributed by atoms with Crippen molar-refractivity contribution in [2.75, 3.05) is 26.3 Å². The number of carboxylic acid groups (broad SMARTS) is 1. The highest BCUT2D eigenvalue weighted by Crippen LogP contribution is 2.26. The number of fused-ring (bicyclic) bond motifs is 1. The smallest absolute Gasteiger partial charge is 0.335 e. The first-order valence-electron chi connectivity index (χ1n) is 7.73. The average molecular weight is 302 g/mol. The van der Waals surface area contributed by atoms with Gasteiger partial charge in [-0.3, -0.25) is 4.90 Å². The molecule has 0 amide bonds. The summed E-state index contributed by atoms with van der Waals surface area (Å²) in [5.74, 6) is -0.881. The van der Waals surface area contributed by atoms with E-state index >= 15 is 0 Å². The van der Waals surface area contributed by atoms with Gasteiger partial charge in [-0.2, -0.15) is 0 Å². The van der Waals surface area contributed by atoms with E-state index in [1.165, 1.54) is 5.69 Å². The lowest BCUT2D eigenvalue weighted by atomic mass is 10.1. The number of morpholine rings is 1. The Bertz CT molecular complexity index is 685. The molecule has 1 aromatic heterocycles. The average Bonchev–Trinajstić information content (AvgIpc) is 2.85. The quantitative estimate of drug-likeness (QED) is 0.943. The summed E-state index contributed by atoms with van der Waals surface area (Å²) in [6, 6.07) is 7.82. The molecule has 22 heavy (non-hydrogen) atoms. The van der Waals surface area contributed by atoms with Crippen LogP contribution in [0.1, 0.15) is 35.9 Å². The van der Waals surface area contributed by atoms with E-state index in [1.807, 2.05) is 6.07 Å². The zero-order chi connectivity index (χ0) is 15.7. The minimum absolute atomic E-state index is 0.289. The second kappa shape index (κ2) is 6.10. The third-order valence-electron chi connectivity index (χ3n) is 4.17. The Balaban J connectivity index is 2.01. The largest absolute Gasteiger partial charge is 0.478 e. The molecule has 1 N–H and O–H groups in total. The molecule has 2 heterocycles. The minimum Gasteiger partial charge on any atom is -0.478 e. The summed E-state index contributed by atoms with van der Waals surface area (Å²) >= 11 is 0. The third-order valence-corrected chi connectivity index (χ3v) is 4.17. The van der Waals surface area contributed by atoms with Crippen molar-refractivity contribution >= 4 is 16.9 Å². The predicted molar refractivity (Wildman–Crippen MR) is 85.4 cm³/mol. The van der Waals surface area contributed by atoms with Crippen LogP contribution >= 0.6 is 0 Å². The molecule has 1 aliphatic rings. The van der Waals surface area contributed by atoms with Crippen LogP contribution < -0.4 is 0 Å². The topological polar surface area (TPSA) is 54.7 Å². The first kappa shape index (κ1) is 15.1. The molecule has 0 saturated carbocycles. The zero-order valence-electron chi connectivity index (χ0n) is 13.1. The number of carboxylic acids is 1. The molecule has 5 nitrogen and oxygen atoms in total. The Hall–Kier alpha value is -1.85. The molecule has 0 bridgehead atoms. The monoisotopic (exact) mass is 302 g/mol. The fraction of sp³-hybridized carbons (Fsp3) is 0.471. The maximum Gasteiger partial charge on any atom is 0.335 e. The lowest BCUT2D eigenvalue weighted by Gasteiger charge is -2.27. The number of aromatic carboxylic acids is 1. The normalized spacial score (nSPS) is 16.5. The molecular formula is C17H22N2O3. The van der Waals surface area contributed by atoms with E-state index in [9.17, 15) is 9.90 Å². The number of aromatic nitrogens is 1. The van der Waals surface area contributed by atoms with Gasteiger partial charge in [-0.1, -0.05) is 6.07 Å². The molecule has 0 atom stereocenters. The van der Waals surface area contributed by atoms with Crippen LogP contribution in [0.5, 0.6) is 0 Å². The molecule has 0 aliphatic carbocycles. The lowest BCUT2D eigenvalue weighted by Crippen LogP contribution is -2.36. The summed E-state index contributed by atoms with van der Waals surface area (Å²) in [4.78, 5) is 13.6. The van der Waals surface area contributed by atoms with Crippen LogP contribution in [-0.2, 0) is 11.3 Å². The van der Waals surface area contributed by atoms with Crippen LogP contribution in [0.3, 0.4) is 0 Å². The van der Waals surface area contributed by atoms with Crippen LogP contribution in [0.4, 0.5) is 0 Å². The second-order valence-corrected chi connectivity index (χ2v) is 6.07. The fourth-order valence-electron chi connectivity index (χ4n) is 3.13. The molecule has 1 aromatic carbocycles. The highest BCUT2D eigenvalue weighted by molar-refractivity contribution is 5.93. The Morgan fingerprint density at radius 3 is 2.64 bits per heavy atom. The van der Waals surface area contributed by atoms with Crippen LogP contribution in [0.25, 0.3) is 10.9 Å². The number of nitrogens with zero attached hydrogens (tertiary/aromatic N) is 2. The minimum atomic E-state index is -0.881. The molecule has 118 valence electrons. The number of ether oxygens (including phenoxy) is 1. The Labute approximate surface area is 130 Å². The van der Waals surface area contributed by atoms with E-state index in [0.717, 1.165) is 43.8 Å². The van der Waals surface area contributed by atoms with Gasteiger partial charge >= 0.3 is 5.97 Å². The van der Waals surface area contributed by atoms with Gasteiger partial charge < -0.3 is 14.4 Å². The van der Waals surface area contributed by atoms with Crippen LogP contribution in [-0.4, -0.2) is 46.8 Å². The van der Waals surface area contributed by atoms with Crippen molar-refractivity contribution in [3.63, 3.8) is 0 Å². The Morgan fingerprint density at radius 2 is 2.00 bits per heavy atom. The summed E-state index contributed by atoms with van der Waals surface area (Å²) < 4.78 is 7.65. The molecule has 2 aromatic rings. The van der Waals surface area contributed by atoms with Crippen LogP contribution in [0.15, 0.2) is 24.3 Å². The summed E-state index contributed by atoms with van der Waals surface area (Å²) in [6.45, 7) is 8.60. The van der Waals surface area contributed by atoms with E-state index in [2.05, 4.69) is 29.4 Å². The fourth-order valence-corrected chi connectivity index (χ4v) is 3.13. The molecule has 0 unspecified atom stereocenters. The van der Waals surface area contributed by atoms with Crippen molar-refractivity contribution in [3.8, 4) is 0 Å². The summed E-state index contributed by atoms with van der Waals surface area (Å²) in [7, 11) is 0. The first-order valence-corrected chi connectivity index (χ1v) is 7.73. The zero-order valence-corrected chi connectivity index (χ0v) is 13.1. The van der Waals surface area contributed by atoms with Gasteiger partial charge in [-0.15, -0.1) is 0 Å². The van der Waals surface area contributed by atoms with E-state index in [0.29, 0.717) is 5.56 Å². The van der Waals surface area contributed by atoms with Crippen molar-refractivity contribution in [1.29, 1.82) is 0 Å². The van der Waals surface area contributed by atoms with Crippen LogP contribution in [0.2, 0.25) is 0 Å².